The molecule has 3 nitrogen and oxygen atoms in total. The van der Waals surface area contributed by atoms with Gasteiger partial charge in [0, 0.05) is 17.3 Å². The van der Waals surface area contributed by atoms with E-state index in [1.54, 1.807) is 6.33 Å². The summed E-state index contributed by atoms with van der Waals surface area (Å²) in [6, 6.07) is 0.415. The van der Waals surface area contributed by atoms with Gasteiger partial charge < -0.3 is 0 Å². The van der Waals surface area contributed by atoms with Crippen molar-refractivity contribution >= 4 is 15.9 Å². The van der Waals surface area contributed by atoms with Crippen LogP contribution in [0.3, 0.4) is 0 Å². The average Bonchev–Trinajstić information content (AvgIpc) is 2.77. The van der Waals surface area contributed by atoms with Crippen molar-refractivity contribution in [2.45, 2.75) is 50.4 Å². The molecule has 1 aromatic heterocycles. The Morgan fingerprint density at radius 3 is 2.93 bits per heavy atom. The van der Waals surface area contributed by atoms with Gasteiger partial charge in [0.1, 0.15) is 12.2 Å². The van der Waals surface area contributed by atoms with Gasteiger partial charge in [-0.3, -0.25) is 0 Å². The molecule has 1 saturated carbocycles. The average molecular weight is 272 g/mol. The summed E-state index contributed by atoms with van der Waals surface area (Å²) in [7, 11) is 0. The van der Waals surface area contributed by atoms with Gasteiger partial charge in [0.25, 0.3) is 0 Å². The number of hydrogen-bond donors (Lipinski definition) is 0. The van der Waals surface area contributed by atoms with Gasteiger partial charge in [0.05, 0.1) is 0 Å². The summed E-state index contributed by atoms with van der Waals surface area (Å²) < 4.78 is 2.04. The lowest BCUT2D eigenvalue weighted by atomic mass is 10.0. The monoisotopic (exact) mass is 271 g/mol. The zero-order valence-corrected chi connectivity index (χ0v) is 10.9. The van der Waals surface area contributed by atoms with Crippen LogP contribution in [0.4, 0.5) is 0 Å². The molecule has 1 aliphatic carbocycles. The molecule has 0 amide bonds. The highest BCUT2D eigenvalue weighted by Crippen LogP contribution is 2.33. The number of hydrogen-bond acceptors (Lipinski definition) is 2. The van der Waals surface area contributed by atoms with Crippen LogP contribution in [0.5, 0.6) is 0 Å². The first-order valence-corrected chi connectivity index (χ1v) is 6.62. The second-order valence-corrected chi connectivity index (χ2v) is 5.80. The summed E-state index contributed by atoms with van der Waals surface area (Å²) in [6.07, 6.45) is 6.71. The molecule has 0 N–H and O–H groups in total. The smallest absolute Gasteiger partial charge is 0.138 e. The maximum Gasteiger partial charge on any atom is 0.138 e. The Labute approximate surface area is 99.4 Å². The molecule has 84 valence electrons. The highest BCUT2D eigenvalue weighted by atomic mass is 79.9. The van der Waals surface area contributed by atoms with Gasteiger partial charge in [-0.05, 0) is 32.6 Å². The van der Waals surface area contributed by atoms with Crippen molar-refractivity contribution in [3.05, 3.63) is 12.2 Å². The summed E-state index contributed by atoms with van der Waals surface area (Å²) in [5.41, 5.74) is 0. The molecule has 1 aromatic rings. The molecule has 0 aliphatic heterocycles. The predicted molar refractivity (Wildman–Crippen MR) is 64.2 cm³/mol. The van der Waals surface area contributed by atoms with Crippen LogP contribution in [0.25, 0.3) is 0 Å². The zero-order valence-electron chi connectivity index (χ0n) is 9.36. The van der Waals surface area contributed by atoms with Gasteiger partial charge in [0.2, 0.25) is 0 Å². The highest BCUT2D eigenvalue weighted by Gasteiger charge is 2.26. The number of halogens is 1. The summed E-state index contributed by atoms with van der Waals surface area (Å²) in [5.74, 6) is 1.88. The minimum atomic E-state index is 0.415. The Bertz CT molecular complexity index is 321. The maximum atomic E-state index is 4.37. The molecule has 0 bridgehead atoms. The van der Waals surface area contributed by atoms with Crippen molar-refractivity contribution in [1.82, 2.24) is 14.8 Å². The van der Waals surface area contributed by atoms with Gasteiger partial charge in [-0.25, -0.2) is 9.67 Å². The van der Waals surface area contributed by atoms with Crippen molar-refractivity contribution in [1.29, 1.82) is 0 Å². The molecule has 15 heavy (non-hydrogen) atoms. The van der Waals surface area contributed by atoms with E-state index in [0.717, 1.165) is 18.2 Å². The normalized spacial score (nSPS) is 26.4. The van der Waals surface area contributed by atoms with E-state index in [2.05, 4.69) is 39.9 Å². The molecule has 0 spiro atoms. The van der Waals surface area contributed by atoms with Crippen LogP contribution in [0.1, 0.15) is 45.0 Å². The Hall–Kier alpha value is -0.380. The molecule has 4 heteroatoms. The van der Waals surface area contributed by atoms with Gasteiger partial charge in [-0.2, -0.15) is 5.10 Å². The third kappa shape index (κ3) is 2.41. The SMILES string of the molecule is CC(C)n1ncnc1CC1CCCC1Br. The molecule has 0 saturated heterocycles. The van der Waals surface area contributed by atoms with Crippen molar-refractivity contribution in [2.75, 3.05) is 0 Å². The van der Waals surface area contributed by atoms with E-state index in [1.807, 2.05) is 4.68 Å². The van der Waals surface area contributed by atoms with Crippen molar-refractivity contribution in [2.24, 2.45) is 5.92 Å². The Kier molecular flexibility index (Phi) is 3.44. The molecular weight excluding hydrogens is 254 g/mol. The van der Waals surface area contributed by atoms with Gasteiger partial charge in [0.15, 0.2) is 0 Å². The summed E-state index contributed by atoms with van der Waals surface area (Å²) >= 11 is 3.75. The summed E-state index contributed by atoms with van der Waals surface area (Å²) in [4.78, 5) is 5.04. The quantitative estimate of drug-likeness (QED) is 0.792. The fourth-order valence-electron chi connectivity index (χ4n) is 2.31. The molecule has 2 atom stereocenters. The van der Waals surface area contributed by atoms with Gasteiger partial charge >= 0.3 is 0 Å². The van der Waals surface area contributed by atoms with E-state index in [4.69, 9.17) is 0 Å². The van der Waals surface area contributed by atoms with Crippen molar-refractivity contribution in [3.63, 3.8) is 0 Å². The lowest BCUT2D eigenvalue weighted by molar-refractivity contribution is 0.465. The first-order valence-electron chi connectivity index (χ1n) is 5.71. The molecule has 2 rings (SSSR count). The van der Waals surface area contributed by atoms with E-state index in [9.17, 15) is 0 Å². The molecule has 1 heterocycles. The van der Waals surface area contributed by atoms with Crippen LogP contribution in [0.2, 0.25) is 0 Å². The van der Waals surface area contributed by atoms with Crippen LogP contribution in [-0.2, 0) is 6.42 Å². The van der Waals surface area contributed by atoms with Crippen LogP contribution in [-0.4, -0.2) is 19.6 Å². The Morgan fingerprint density at radius 2 is 2.33 bits per heavy atom. The van der Waals surface area contributed by atoms with E-state index >= 15 is 0 Å². The third-order valence-electron chi connectivity index (χ3n) is 3.15. The minimum absolute atomic E-state index is 0.415. The van der Waals surface area contributed by atoms with Crippen LogP contribution < -0.4 is 0 Å². The first-order chi connectivity index (χ1) is 7.18. The summed E-state index contributed by atoms with van der Waals surface area (Å²) in [6.45, 7) is 4.30. The molecule has 2 unspecified atom stereocenters. The highest BCUT2D eigenvalue weighted by molar-refractivity contribution is 9.09. The van der Waals surface area contributed by atoms with E-state index in [1.165, 1.54) is 19.3 Å². The standard InChI is InChI=1S/C11H18BrN3/c1-8(2)15-11(13-7-14-15)6-9-4-3-5-10(9)12/h7-10H,3-6H2,1-2H3. The molecule has 1 aliphatic rings. The molecule has 0 radical (unpaired) electrons. The Morgan fingerprint density at radius 1 is 1.53 bits per heavy atom. The van der Waals surface area contributed by atoms with Crippen molar-refractivity contribution in [3.8, 4) is 0 Å². The lowest BCUT2D eigenvalue weighted by Crippen LogP contribution is -2.15. The topological polar surface area (TPSA) is 30.7 Å². The van der Waals surface area contributed by atoms with Gasteiger partial charge in [-0.15, -0.1) is 0 Å². The number of alkyl halides is 1. The second-order valence-electron chi connectivity index (χ2n) is 4.63. The van der Waals surface area contributed by atoms with E-state index in [-0.39, 0.29) is 0 Å². The van der Waals surface area contributed by atoms with Gasteiger partial charge in [-0.1, -0.05) is 22.4 Å². The maximum absolute atomic E-state index is 4.37. The van der Waals surface area contributed by atoms with Crippen LogP contribution in [0.15, 0.2) is 6.33 Å². The molecule has 1 fully saturated rings. The minimum Gasteiger partial charge on any atom is -0.248 e. The number of aromatic nitrogens is 3. The lowest BCUT2D eigenvalue weighted by Gasteiger charge is -2.15. The van der Waals surface area contributed by atoms with E-state index < -0.39 is 0 Å². The van der Waals surface area contributed by atoms with E-state index in [0.29, 0.717) is 10.9 Å². The van der Waals surface area contributed by atoms with Crippen LogP contribution >= 0.6 is 15.9 Å². The molecule has 0 aromatic carbocycles. The van der Waals surface area contributed by atoms with Crippen LogP contribution in [0, 0.1) is 5.92 Å². The first kappa shape index (κ1) is 11.1. The fraction of sp³-hybridized carbons (Fsp3) is 0.818. The zero-order chi connectivity index (χ0) is 10.8. The largest absolute Gasteiger partial charge is 0.248 e. The summed E-state index contributed by atoms with van der Waals surface area (Å²) in [5, 5.41) is 4.27. The molecular formula is C11H18BrN3. The second kappa shape index (κ2) is 4.64. The third-order valence-corrected chi connectivity index (χ3v) is 4.35. The number of rotatable bonds is 3. The Balaban J connectivity index is 2.06. The fourth-order valence-corrected chi connectivity index (χ4v) is 3.08. The predicted octanol–water partition coefficient (Wildman–Crippen LogP) is 2.97. The van der Waals surface area contributed by atoms with Crippen molar-refractivity contribution < 1.29 is 0 Å². The number of nitrogens with zero attached hydrogens (tertiary/aromatic N) is 3.